The normalized spacial score (nSPS) is 16.3. The molecule has 0 radical (unpaired) electrons. The quantitative estimate of drug-likeness (QED) is 0.468. The molecule has 146 valence electrons. The van der Waals surface area contributed by atoms with Gasteiger partial charge in [0.05, 0.1) is 11.9 Å². The lowest BCUT2D eigenvalue weighted by Crippen LogP contribution is -2.55. The number of carbonyl (C=O) groups is 1. The van der Waals surface area contributed by atoms with Crippen LogP contribution in [0.25, 0.3) is 0 Å². The topological polar surface area (TPSA) is 65.8 Å². The van der Waals surface area contributed by atoms with E-state index in [0.717, 1.165) is 5.69 Å². The molecular weight excluding hydrogens is 349 g/mol. The molecule has 1 amide bonds. The molecule has 0 aliphatic carbocycles. The number of amides is 1. The van der Waals surface area contributed by atoms with Crippen LogP contribution in [0.1, 0.15) is 26.2 Å². The third-order valence-electron chi connectivity index (χ3n) is 3.99. The Labute approximate surface area is 150 Å². The number of hydrogen-bond donors (Lipinski definition) is 1. The van der Waals surface area contributed by atoms with Crippen molar-refractivity contribution in [2.45, 2.75) is 32.4 Å². The minimum absolute atomic E-state index is 0.0557. The van der Waals surface area contributed by atoms with Crippen molar-refractivity contribution < 1.29 is 18.0 Å². The van der Waals surface area contributed by atoms with E-state index < -0.39 is 12.6 Å². The molecule has 0 unspecified atom stereocenters. The Hall–Kier alpha value is -2.26. The number of aryl methyl sites for hydroxylation is 1. The number of carbonyl (C=O) groups excluding carboxylic acids is 1. The summed E-state index contributed by atoms with van der Waals surface area (Å²) in [7, 11) is 1.79. The third-order valence-corrected chi connectivity index (χ3v) is 3.99. The summed E-state index contributed by atoms with van der Waals surface area (Å²) in [5.74, 6) is 0.505. The van der Waals surface area contributed by atoms with Crippen molar-refractivity contribution in [1.29, 1.82) is 0 Å². The lowest BCUT2D eigenvalue weighted by Gasteiger charge is -2.35. The molecule has 10 heteroatoms. The molecule has 2 heterocycles. The molecule has 1 saturated heterocycles. The largest absolute Gasteiger partial charge is 0.389 e. The molecule has 1 aromatic heterocycles. The van der Waals surface area contributed by atoms with Crippen molar-refractivity contribution >= 4 is 17.6 Å². The highest BCUT2D eigenvalue weighted by Crippen LogP contribution is 2.22. The first-order valence-electron chi connectivity index (χ1n) is 8.69. The van der Waals surface area contributed by atoms with Crippen LogP contribution in [0.2, 0.25) is 0 Å². The summed E-state index contributed by atoms with van der Waals surface area (Å²) < 4.78 is 38.1. The van der Waals surface area contributed by atoms with Gasteiger partial charge in [0, 0.05) is 45.8 Å². The Bertz CT molecular complexity index is 628. The van der Waals surface area contributed by atoms with Crippen LogP contribution < -0.4 is 10.2 Å². The molecule has 1 aliphatic rings. The zero-order valence-electron chi connectivity index (χ0n) is 15.1. The van der Waals surface area contributed by atoms with Gasteiger partial charge in [-0.2, -0.15) is 18.3 Å². The Morgan fingerprint density at radius 2 is 2.12 bits per heavy atom. The van der Waals surface area contributed by atoms with Crippen molar-refractivity contribution in [3.05, 3.63) is 12.4 Å². The van der Waals surface area contributed by atoms with Gasteiger partial charge in [-0.05, 0) is 19.8 Å². The molecule has 0 saturated carbocycles. The minimum Gasteiger partial charge on any atom is -0.357 e. The van der Waals surface area contributed by atoms with Crippen molar-refractivity contribution in [2.24, 2.45) is 12.0 Å². The van der Waals surface area contributed by atoms with Crippen molar-refractivity contribution in [1.82, 2.24) is 20.0 Å². The fourth-order valence-electron chi connectivity index (χ4n) is 2.72. The molecule has 0 spiro atoms. The van der Waals surface area contributed by atoms with Gasteiger partial charge in [0.2, 0.25) is 5.91 Å². The van der Waals surface area contributed by atoms with E-state index in [2.05, 4.69) is 15.4 Å². The summed E-state index contributed by atoms with van der Waals surface area (Å²) in [6.45, 7) is 4.10. The van der Waals surface area contributed by atoms with Crippen LogP contribution in [0.3, 0.4) is 0 Å². The first kappa shape index (κ1) is 20.1. The van der Waals surface area contributed by atoms with Gasteiger partial charge in [-0.15, -0.1) is 0 Å². The Balaban J connectivity index is 1.89. The van der Waals surface area contributed by atoms with E-state index in [4.69, 9.17) is 0 Å². The first-order chi connectivity index (χ1) is 12.3. The van der Waals surface area contributed by atoms with E-state index in [0.29, 0.717) is 38.6 Å². The highest BCUT2D eigenvalue weighted by molar-refractivity contribution is 5.98. The van der Waals surface area contributed by atoms with Crippen LogP contribution in [0.5, 0.6) is 0 Å². The number of nitrogens with one attached hydrogen (secondary N) is 1. The number of guanidine groups is 1. The number of aliphatic imine (C=N–C) groups is 1. The third kappa shape index (κ3) is 5.92. The van der Waals surface area contributed by atoms with Gasteiger partial charge >= 0.3 is 6.18 Å². The number of hydrogen-bond acceptors (Lipinski definition) is 3. The standard InChI is InChI=1S/C16H25F3N6O/c1-3-20-15(21-7-5-4-6-16(17,18)19)24-8-9-25(14(26)12-24)13-10-22-23(2)11-13/h10-11H,3-9,12H2,1-2H3,(H,20,21). The highest BCUT2D eigenvalue weighted by Gasteiger charge is 2.28. The monoisotopic (exact) mass is 374 g/mol. The van der Waals surface area contributed by atoms with Crippen LogP contribution in [-0.4, -0.2) is 65.4 Å². The van der Waals surface area contributed by atoms with Gasteiger partial charge in [-0.1, -0.05) is 0 Å². The van der Waals surface area contributed by atoms with Gasteiger partial charge in [-0.3, -0.25) is 14.5 Å². The maximum atomic E-state index is 12.4. The second-order valence-corrected chi connectivity index (χ2v) is 6.15. The molecule has 1 N–H and O–H groups in total. The number of unbranched alkanes of at least 4 members (excludes halogenated alkanes) is 1. The van der Waals surface area contributed by atoms with Gasteiger partial charge in [0.15, 0.2) is 5.96 Å². The molecule has 7 nitrogen and oxygen atoms in total. The Kier molecular flexibility index (Phi) is 6.87. The molecule has 26 heavy (non-hydrogen) atoms. The van der Waals surface area contributed by atoms with Crippen LogP contribution in [0.15, 0.2) is 17.4 Å². The summed E-state index contributed by atoms with van der Waals surface area (Å²) >= 11 is 0. The zero-order chi connectivity index (χ0) is 19.2. The number of aromatic nitrogens is 2. The number of rotatable bonds is 6. The SMILES string of the molecule is CCNC(=NCCCCC(F)(F)F)N1CCN(c2cnn(C)c2)C(=O)C1. The fraction of sp³-hybridized carbons (Fsp3) is 0.688. The number of nitrogens with zero attached hydrogens (tertiary/aromatic N) is 5. The van der Waals surface area contributed by atoms with E-state index in [1.807, 2.05) is 11.8 Å². The number of alkyl halides is 3. The molecule has 2 rings (SSSR count). The lowest BCUT2D eigenvalue weighted by atomic mass is 10.2. The predicted octanol–water partition coefficient (Wildman–Crippen LogP) is 1.77. The summed E-state index contributed by atoms with van der Waals surface area (Å²) in [5, 5.41) is 7.18. The molecule has 0 aromatic carbocycles. The minimum atomic E-state index is -4.12. The molecule has 1 aromatic rings. The van der Waals surface area contributed by atoms with E-state index in [9.17, 15) is 18.0 Å². The Morgan fingerprint density at radius 1 is 1.35 bits per heavy atom. The lowest BCUT2D eigenvalue weighted by molar-refractivity contribution is -0.135. The average molecular weight is 374 g/mol. The summed E-state index contributed by atoms with van der Waals surface area (Å²) in [6.07, 6.45) is -1.07. The van der Waals surface area contributed by atoms with Crippen LogP contribution in [-0.2, 0) is 11.8 Å². The van der Waals surface area contributed by atoms with Gasteiger partial charge < -0.3 is 15.1 Å². The molecular formula is C16H25F3N6O. The maximum absolute atomic E-state index is 12.4. The number of piperazine rings is 1. The number of halogens is 3. The van der Waals surface area contributed by atoms with E-state index in [1.165, 1.54) is 0 Å². The average Bonchev–Trinajstić information content (AvgIpc) is 2.98. The second kappa shape index (κ2) is 8.91. The summed E-state index contributed by atoms with van der Waals surface area (Å²) in [6, 6.07) is 0. The van der Waals surface area contributed by atoms with Crippen LogP contribution in [0.4, 0.5) is 18.9 Å². The zero-order valence-corrected chi connectivity index (χ0v) is 15.1. The van der Waals surface area contributed by atoms with E-state index in [1.54, 1.807) is 29.0 Å². The Morgan fingerprint density at radius 3 is 2.69 bits per heavy atom. The predicted molar refractivity (Wildman–Crippen MR) is 93.0 cm³/mol. The first-order valence-corrected chi connectivity index (χ1v) is 8.69. The summed E-state index contributed by atoms with van der Waals surface area (Å²) in [4.78, 5) is 20.3. The van der Waals surface area contributed by atoms with E-state index in [-0.39, 0.29) is 18.9 Å². The van der Waals surface area contributed by atoms with Gasteiger partial charge in [-0.25, -0.2) is 0 Å². The number of anilines is 1. The van der Waals surface area contributed by atoms with Crippen molar-refractivity contribution in [2.75, 3.05) is 37.6 Å². The second-order valence-electron chi connectivity index (χ2n) is 6.15. The highest BCUT2D eigenvalue weighted by atomic mass is 19.4. The molecule has 0 atom stereocenters. The molecule has 1 fully saturated rings. The van der Waals surface area contributed by atoms with Crippen LogP contribution in [0, 0.1) is 0 Å². The van der Waals surface area contributed by atoms with Crippen molar-refractivity contribution in [3.8, 4) is 0 Å². The smallest absolute Gasteiger partial charge is 0.357 e. The van der Waals surface area contributed by atoms with Crippen molar-refractivity contribution in [3.63, 3.8) is 0 Å². The molecule has 0 bridgehead atoms. The van der Waals surface area contributed by atoms with Gasteiger partial charge in [0.1, 0.15) is 6.54 Å². The fourth-order valence-corrected chi connectivity index (χ4v) is 2.72. The maximum Gasteiger partial charge on any atom is 0.389 e. The molecule has 1 aliphatic heterocycles. The van der Waals surface area contributed by atoms with E-state index >= 15 is 0 Å². The van der Waals surface area contributed by atoms with Crippen LogP contribution >= 0.6 is 0 Å². The summed E-state index contributed by atoms with van der Waals surface area (Å²) in [5.41, 5.74) is 0.756. The van der Waals surface area contributed by atoms with Gasteiger partial charge in [0.25, 0.3) is 0 Å².